The van der Waals surface area contributed by atoms with Crippen LogP contribution in [0, 0.1) is 23.7 Å². The van der Waals surface area contributed by atoms with Crippen LogP contribution in [-0.2, 0) is 19.5 Å². The van der Waals surface area contributed by atoms with Gasteiger partial charge in [-0.2, -0.15) is 0 Å². The first-order valence-corrected chi connectivity index (χ1v) is 5.88. The summed E-state index contributed by atoms with van der Waals surface area (Å²) in [5.41, 5.74) is 0. The Labute approximate surface area is 95.8 Å². The normalized spacial score (nSPS) is 55.2. The Hall–Kier alpha value is 1.10. The maximum absolute atomic E-state index is 3.88. The molecule has 4 aliphatic rings. The summed E-state index contributed by atoms with van der Waals surface area (Å²) in [6, 6.07) is 0. The summed E-state index contributed by atoms with van der Waals surface area (Å²) in [7, 11) is 0. The van der Waals surface area contributed by atoms with Crippen LogP contribution in [-0.4, -0.2) is 4.83 Å². The average molecular weight is 281 g/mol. The van der Waals surface area contributed by atoms with Gasteiger partial charge in [0.05, 0.1) is 0 Å². The molecule has 0 aromatic carbocycles. The van der Waals surface area contributed by atoms with E-state index in [2.05, 4.69) is 15.9 Å². The van der Waals surface area contributed by atoms with Crippen molar-refractivity contribution in [2.24, 2.45) is 23.7 Å². The van der Waals surface area contributed by atoms with E-state index in [-0.39, 0.29) is 19.5 Å². The number of halogens is 1. The molecule has 0 nitrogen and oxygen atoms in total. The molecule has 4 bridgehead atoms. The zero-order valence-electron chi connectivity index (χ0n) is 7.51. The molecule has 4 rings (SSSR count). The fraction of sp³-hybridized carbons (Fsp3) is 1.00. The second kappa shape index (κ2) is 3.35. The topological polar surface area (TPSA) is 0 Å². The number of rotatable bonds is 0. The second-order valence-corrected chi connectivity index (χ2v) is 5.93. The molecule has 0 saturated heterocycles. The molecule has 0 N–H and O–H groups in total. The van der Waals surface area contributed by atoms with Crippen molar-refractivity contribution in [3.63, 3.8) is 0 Å². The molecule has 0 amide bonds. The zero-order valence-corrected chi connectivity index (χ0v) is 12.1. The van der Waals surface area contributed by atoms with E-state index in [0.29, 0.717) is 0 Å². The Kier molecular flexibility index (Phi) is 2.69. The first-order chi connectivity index (χ1) is 5.33. The predicted molar refractivity (Wildman–Crippen MR) is 49.8 cm³/mol. The van der Waals surface area contributed by atoms with Crippen LogP contribution in [0.25, 0.3) is 0 Å². The SMILES string of the molecule is BrC1C2CC3CC(C2)CC1C3.[Zn]. The standard InChI is InChI=1S/C10H15Br.Zn/c11-10-8-2-6-1-7(4-8)5-9(10)3-6;/h6-10H,1-5H2;. The van der Waals surface area contributed by atoms with E-state index in [0.717, 1.165) is 28.5 Å². The van der Waals surface area contributed by atoms with Crippen molar-refractivity contribution in [3.8, 4) is 0 Å². The van der Waals surface area contributed by atoms with Crippen LogP contribution in [0.1, 0.15) is 32.1 Å². The Morgan fingerprint density at radius 1 is 0.750 bits per heavy atom. The molecular weight excluding hydrogens is 265 g/mol. The van der Waals surface area contributed by atoms with E-state index in [1.165, 1.54) is 0 Å². The molecule has 0 spiro atoms. The van der Waals surface area contributed by atoms with Gasteiger partial charge in [-0.3, -0.25) is 0 Å². The van der Waals surface area contributed by atoms with Gasteiger partial charge < -0.3 is 0 Å². The summed E-state index contributed by atoms with van der Waals surface area (Å²) in [4.78, 5) is 0.898. The van der Waals surface area contributed by atoms with Gasteiger partial charge >= 0.3 is 0 Å². The number of hydrogen-bond acceptors (Lipinski definition) is 0. The third kappa shape index (κ3) is 1.34. The van der Waals surface area contributed by atoms with E-state index in [4.69, 9.17) is 0 Å². The van der Waals surface area contributed by atoms with Crippen molar-refractivity contribution < 1.29 is 19.5 Å². The molecule has 0 radical (unpaired) electrons. The van der Waals surface area contributed by atoms with E-state index in [1.807, 2.05) is 0 Å². The first-order valence-electron chi connectivity index (χ1n) is 4.97. The molecule has 0 heterocycles. The summed E-state index contributed by atoms with van der Waals surface area (Å²) in [6.07, 6.45) is 7.75. The number of alkyl halides is 1. The zero-order chi connectivity index (χ0) is 7.42. The van der Waals surface area contributed by atoms with Crippen molar-refractivity contribution in [2.45, 2.75) is 36.9 Å². The molecule has 2 heteroatoms. The largest absolute Gasteiger partial charge is 0.0885 e. The van der Waals surface area contributed by atoms with Crippen molar-refractivity contribution in [1.82, 2.24) is 0 Å². The van der Waals surface area contributed by atoms with Gasteiger partial charge in [0.2, 0.25) is 0 Å². The fourth-order valence-electron chi connectivity index (χ4n) is 3.86. The third-order valence-electron chi connectivity index (χ3n) is 4.11. The smallest absolute Gasteiger partial charge is 0.0202 e. The van der Waals surface area contributed by atoms with Crippen LogP contribution in [0.2, 0.25) is 0 Å². The van der Waals surface area contributed by atoms with Gasteiger partial charge in [0.15, 0.2) is 0 Å². The Morgan fingerprint density at radius 3 is 1.58 bits per heavy atom. The predicted octanol–water partition coefficient (Wildman–Crippen LogP) is 3.20. The van der Waals surface area contributed by atoms with Crippen LogP contribution in [0.5, 0.6) is 0 Å². The van der Waals surface area contributed by atoms with Gasteiger partial charge in [-0.05, 0) is 55.8 Å². The molecule has 0 atom stereocenters. The van der Waals surface area contributed by atoms with Crippen LogP contribution >= 0.6 is 15.9 Å². The van der Waals surface area contributed by atoms with Gasteiger partial charge in [-0.15, -0.1) is 0 Å². The molecule has 12 heavy (non-hydrogen) atoms. The molecule has 4 saturated carbocycles. The van der Waals surface area contributed by atoms with Gasteiger partial charge in [0, 0.05) is 24.3 Å². The second-order valence-electron chi connectivity index (χ2n) is 4.88. The molecular formula is C10H15BrZn. The van der Waals surface area contributed by atoms with Gasteiger partial charge in [-0.1, -0.05) is 15.9 Å². The van der Waals surface area contributed by atoms with Gasteiger partial charge in [0.25, 0.3) is 0 Å². The molecule has 0 unspecified atom stereocenters. The summed E-state index contributed by atoms with van der Waals surface area (Å²) >= 11 is 3.88. The maximum Gasteiger partial charge on any atom is 0.0202 e. The maximum atomic E-state index is 3.88. The van der Waals surface area contributed by atoms with Gasteiger partial charge in [-0.25, -0.2) is 0 Å². The van der Waals surface area contributed by atoms with Crippen molar-refractivity contribution in [3.05, 3.63) is 0 Å². The fourth-order valence-corrected chi connectivity index (χ4v) is 4.72. The molecule has 4 fully saturated rings. The van der Waals surface area contributed by atoms with Crippen LogP contribution in [0.15, 0.2) is 0 Å². The Bertz CT molecular complexity index is 153. The quantitative estimate of drug-likeness (QED) is 0.472. The van der Waals surface area contributed by atoms with Gasteiger partial charge in [0.1, 0.15) is 0 Å². The minimum Gasteiger partial charge on any atom is -0.0885 e. The molecule has 0 aromatic heterocycles. The number of hydrogen-bond donors (Lipinski definition) is 0. The minimum atomic E-state index is 0. The summed E-state index contributed by atoms with van der Waals surface area (Å²) in [6.45, 7) is 0. The van der Waals surface area contributed by atoms with E-state index in [9.17, 15) is 0 Å². The van der Waals surface area contributed by atoms with Crippen LogP contribution < -0.4 is 0 Å². The molecule has 0 aromatic rings. The van der Waals surface area contributed by atoms with E-state index in [1.54, 1.807) is 32.1 Å². The average Bonchev–Trinajstić information content (AvgIpc) is 1.98. The van der Waals surface area contributed by atoms with Crippen LogP contribution in [0.4, 0.5) is 0 Å². The Morgan fingerprint density at radius 2 is 1.17 bits per heavy atom. The molecule has 0 aliphatic heterocycles. The summed E-state index contributed by atoms with van der Waals surface area (Å²) < 4.78 is 0. The van der Waals surface area contributed by atoms with E-state index >= 15 is 0 Å². The summed E-state index contributed by atoms with van der Waals surface area (Å²) in [5, 5.41) is 0. The van der Waals surface area contributed by atoms with Crippen molar-refractivity contribution in [1.29, 1.82) is 0 Å². The molecule has 4 aliphatic carbocycles. The van der Waals surface area contributed by atoms with Crippen molar-refractivity contribution >= 4 is 15.9 Å². The minimum absolute atomic E-state index is 0. The third-order valence-corrected chi connectivity index (χ3v) is 5.61. The van der Waals surface area contributed by atoms with Crippen molar-refractivity contribution in [2.75, 3.05) is 0 Å². The molecule has 64 valence electrons. The first kappa shape index (κ1) is 9.65. The van der Waals surface area contributed by atoms with Crippen LogP contribution in [0.3, 0.4) is 0 Å². The monoisotopic (exact) mass is 278 g/mol. The summed E-state index contributed by atoms with van der Waals surface area (Å²) in [5.74, 6) is 4.38. The Balaban J connectivity index is 0.000000563. The van der Waals surface area contributed by atoms with E-state index < -0.39 is 0 Å².